The molecule has 0 spiro atoms. The molecule has 0 bridgehead atoms. The summed E-state index contributed by atoms with van der Waals surface area (Å²) in [5.41, 5.74) is 5.85. The van der Waals surface area contributed by atoms with E-state index < -0.39 is 10.0 Å². The second-order valence-corrected chi connectivity index (χ2v) is 8.52. The zero-order valence-corrected chi connectivity index (χ0v) is 16.3. The lowest BCUT2D eigenvalue weighted by atomic mass is 10.1. The van der Waals surface area contributed by atoms with Crippen LogP contribution in [0.15, 0.2) is 29.2 Å². The third-order valence-electron chi connectivity index (χ3n) is 4.21. The van der Waals surface area contributed by atoms with Gasteiger partial charge in [0.1, 0.15) is 0 Å². The molecule has 26 heavy (non-hydrogen) atoms. The number of rotatable bonds is 8. The van der Waals surface area contributed by atoms with Crippen molar-refractivity contribution in [3.63, 3.8) is 0 Å². The van der Waals surface area contributed by atoms with Gasteiger partial charge in [-0.15, -0.1) is 0 Å². The molecule has 1 aromatic rings. The number of carbonyl (C=O) groups excluding carboxylic acids is 1. The van der Waals surface area contributed by atoms with Gasteiger partial charge in [-0.3, -0.25) is 4.79 Å². The molecule has 1 heterocycles. The number of nitrogens with one attached hydrogen (secondary N) is 1. The molecule has 146 valence electrons. The molecule has 0 atom stereocenters. The van der Waals surface area contributed by atoms with Crippen molar-refractivity contribution in [2.75, 3.05) is 26.2 Å². The minimum Gasteiger partial charge on any atom is -0.378 e. The van der Waals surface area contributed by atoms with Crippen molar-refractivity contribution in [1.29, 1.82) is 0 Å². The van der Waals surface area contributed by atoms with E-state index in [0.717, 1.165) is 19.3 Å². The summed E-state index contributed by atoms with van der Waals surface area (Å²) < 4.78 is 32.9. The standard InChI is InChI=1S/C18H29N3O4S/c1-14(2)20-26(23,24)17-6-3-5-15(13-17)18(22)21-10-7-16(8-11-21)25-12-4-9-19/h3,5-6,13-14,16,20H,4,7-12,19H2,1-2H3. The van der Waals surface area contributed by atoms with Crippen molar-refractivity contribution in [3.05, 3.63) is 29.8 Å². The van der Waals surface area contributed by atoms with Crippen LogP contribution in [0.3, 0.4) is 0 Å². The third kappa shape index (κ3) is 5.77. The van der Waals surface area contributed by atoms with Crippen molar-refractivity contribution < 1.29 is 17.9 Å². The lowest BCUT2D eigenvalue weighted by molar-refractivity contribution is 0.00844. The molecule has 1 fully saturated rings. The number of nitrogens with two attached hydrogens (primary N) is 1. The summed E-state index contributed by atoms with van der Waals surface area (Å²) in [4.78, 5) is 14.6. The van der Waals surface area contributed by atoms with Gasteiger partial charge in [0.05, 0.1) is 11.0 Å². The summed E-state index contributed by atoms with van der Waals surface area (Å²) in [6.45, 7) is 5.99. The van der Waals surface area contributed by atoms with Gasteiger partial charge < -0.3 is 15.4 Å². The number of carbonyl (C=O) groups is 1. The van der Waals surface area contributed by atoms with Crippen LogP contribution in [0.4, 0.5) is 0 Å². The van der Waals surface area contributed by atoms with Crippen LogP contribution in [0.2, 0.25) is 0 Å². The zero-order valence-electron chi connectivity index (χ0n) is 15.5. The van der Waals surface area contributed by atoms with Crippen LogP contribution in [-0.2, 0) is 14.8 Å². The molecule has 0 aromatic heterocycles. The van der Waals surface area contributed by atoms with Crippen LogP contribution in [0, 0.1) is 0 Å². The fourth-order valence-corrected chi connectivity index (χ4v) is 4.21. The number of nitrogens with zero attached hydrogens (tertiary/aromatic N) is 1. The number of hydrogen-bond donors (Lipinski definition) is 2. The minimum absolute atomic E-state index is 0.108. The van der Waals surface area contributed by atoms with E-state index in [9.17, 15) is 13.2 Å². The predicted octanol–water partition coefficient (Wildman–Crippen LogP) is 1.34. The van der Waals surface area contributed by atoms with Crippen LogP contribution >= 0.6 is 0 Å². The minimum atomic E-state index is -3.62. The van der Waals surface area contributed by atoms with Gasteiger partial charge in [0.15, 0.2) is 0 Å². The van der Waals surface area contributed by atoms with Gasteiger partial charge in [-0.1, -0.05) is 6.07 Å². The maximum atomic E-state index is 12.7. The summed E-state index contributed by atoms with van der Waals surface area (Å²) >= 11 is 0. The Bertz CT molecular complexity index is 698. The molecule has 0 unspecified atom stereocenters. The normalized spacial score (nSPS) is 16.2. The largest absolute Gasteiger partial charge is 0.378 e. The Morgan fingerprint density at radius 3 is 2.65 bits per heavy atom. The summed E-state index contributed by atoms with van der Waals surface area (Å²) in [5.74, 6) is -0.146. The zero-order chi connectivity index (χ0) is 19.2. The number of benzene rings is 1. The predicted molar refractivity (Wildman–Crippen MR) is 100 cm³/mol. The molecule has 1 aliphatic heterocycles. The highest BCUT2D eigenvalue weighted by Crippen LogP contribution is 2.18. The Hall–Kier alpha value is -1.48. The van der Waals surface area contributed by atoms with Crippen LogP contribution < -0.4 is 10.5 Å². The summed E-state index contributed by atoms with van der Waals surface area (Å²) in [7, 11) is -3.62. The van der Waals surface area contributed by atoms with Gasteiger partial charge in [0.25, 0.3) is 5.91 Å². The van der Waals surface area contributed by atoms with E-state index in [4.69, 9.17) is 10.5 Å². The molecule has 0 aliphatic carbocycles. The highest BCUT2D eigenvalue weighted by molar-refractivity contribution is 7.89. The lowest BCUT2D eigenvalue weighted by Gasteiger charge is -2.32. The first kappa shape index (κ1) is 20.8. The fourth-order valence-electron chi connectivity index (χ4n) is 2.92. The Morgan fingerprint density at radius 2 is 2.04 bits per heavy atom. The van der Waals surface area contributed by atoms with Gasteiger partial charge in [0.2, 0.25) is 10.0 Å². The number of likely N-dealkylation sites (tertiary alicyclic amines) is 1. The maximum absolute atomic E-state index is 12.7. The Morgan fingerprint density at radius 1 is 1.35 bits per heavy atom. The molecule has 8 heteroatoms. The Balaban J connectivity index is 1.99. The van der Waals surface area contributed by atoms with E-state index in [1.54, 1.807) is 30.9 Å². The van der Waals surface area contributed by atoms with Crippen molar-refractivity contribution in [3.8, 4) is 0 Å². The maximum Gasteiger partial charge on any atom is 0.253 e. The number of hydrogen-bond acceptors (Lipinski definition) is 5. The van der Waals surface area contributed by atoms with Gasteiger partial charge in [-0.25, -0.2) is 13.1 Å². The van der Waals surface area contributed by atoms with Crippen molar-refractivity contribution in [2.45, 2.75) is 50.2 Å². The average molecular weight is 384 g/mol. The second-order valence-electron chi connectivity index (χ2n) is 6.81. The van der Waals surface area contributed by atoms with Crippen LogP contribution in [0.1, 0.15) is 43.5 Å². The first-order valence-corrected chi connectivity index (χ1v) is 10.5. The molecular formula is C18H29N3O4S. The summed E-state index contributed by atoms with van der Waals surface area (Å²) in [5, 5.41) is 0. The smallest absolute Gasteiger partial charge is 0.253 e. The molecule has 1 aliphatic rings. The molecular weight excluding hydrogens is 354 g/mol. The van der Waals surface area contributed by atoms with Crippen LogP contribution in [-0.4, -0.2) is 57.6 Å². The SMILES string of the molecule is CC(C)NS(=O)(=O)c1cccc(C(=O)N2CCC(OCCCN)CC2)c1. The van der Waals surface area contributed by atoms with Gasteiger partial charge in [-0.2, -0.15) is 0 Å². The van der Waals surface area contributed by atoms with Gasteiger partial charge in [0, 0.05) is 31.3 Å². The molecule has 7 nitrogen and oxygen atoms in total. The molecule has 1 amide bonds. The molecule has 1 aromatic carbocycles. The second kappa shape index (κ2) is 9.45. The quantitative estimate of drug-likeness (QED) is 0.660. The average Bonchev–Trinajstić information content (AvgIpc) is 2.61. The molecule has 3 N–H and O–H groups in total. The molecule has 2 rings (SSSR count). The Labute approximate surface area is 155 Å². The van der Waals surface area contributed by atoms with E-state index in [2.05, 4.69) is 4.72 Å². The molecule has 1 saturated heterocycles. The highest BCUT2D eigenvalue weighted by atomic mass is 32.2. The topological polar surface area (TPSA) is 102 Å². The van der Waals surface area contributed by atoms with Crippen LogP contribution in [0.5, 0.6) is 0 Å². The van der Waals surface area contributed by atoms with Crippen molar-refractivity contribution in [1.82, 2.24) is 9.62 Å². The Kier molecular flexibility index (Phi) is 7.57. The lowest BCUT2D eigenvalue weighted by Crippen LogP contribution is -2.41. The van der Waals surface area contributed by atoms with E-state index >= 15 is 0 Å². The molecule has 0 radical (unpaired) electrons. The van der Waals surface area contributed by atoms with E-state index in [1.165, 1.54) is 12.1 Å². The first-order valence-electron chi connectivity index (χ1n) is 9.07. The van der Waals surface area contributed by atoms with E-state index in [-0.39, 0.29) is 22.9 Å². The van der Waals surface area contributed by atoms with Gasteiger partial charge in [-0.05, 0) is 57.9 Å². The first-order chi connectivity index (χ1) is 12.3. The third-order valence-corrected chi connectivity index (χ3v) is 5.87. The number of sulfonamides is 1. The summed E-state index contributed by atoms with van der Waals surface area (Å²) in [6.07, 6.45) is 2.56. The van der Waals surface area contributed by atoms with Crippen LogP contribution in [0.25, 0.3) is 0 Å². The van der Waals surface area contributed by atoms with E-state index in [1.807, 2.05) is 0 Å². The number of piperidine rings is 1. The summed E-state index contributed by atoms with van der Waals surface area (Å²) in [6, 6.07) is 5.99. The van der Waals surface area contributed by atoms with Crippen molar-refractivity contribution >= 4 is 15.9 Å². The van der Waals surface area contributed by atoms with Crippen molar-refractivity contribution in [2.24, 2.45) is 5.73 Å². The fraction of sp³-hybridized carbons (Fsp3) is 0.611. The monoisotopic (exact) mass is 383 g/mol. The number of ether oxygens (including phenoxy) is 1. The van der Waals surface area contributed by atoms with E-state index in [0.29, 0.717) is 31.8 Å². The number of amides is 1. The highest BCUT2D eigenvalue weighted by Gasteiger charge is 2.25. The van der Waals surface area contributed by atoms with Gasteiger partial charge >= 0.3 is 0 Å². The molecule has 0 saturated carbocycles.